The maximum atomic E-state index is 12.7. The Hall–Kier alpha value is -2.83. The van der Waals surface area contributed by atoms with Crippen molar-refractivity contribution >= 4 is 22.5 Å². The van der Waals surface area contributed by atoms with E-state index in [0.29, 0.717) is 11.8 Å². The quantitative estimate of drug-likeness (QED) is 0.722. The highest BCUT2D eigenvalue weighted by Gasteiger charge is 2.21. The molecule has 0 radical (unpaired) electrons. The molecule has 0 bridgehead atoms. The third kappa shape index (κ3) is 3.82. The first kappa shape index (κ1) is 18.9. The third-order valence-corrected chi connectivity index (χ3v) is 4.55. The zero-order valence-corrected chi connectivity index (χ0v) is 16.8. The van der Waals surface area contributed by atoms with E-state index >= 15 is 0 Å². The maximum Gasteiger partial charge on any atom is 0.265 e. The van der Waals surface area contributed by atoms with Crippen LogP contribution in [0.5, 0.6) is 5.88 Å². The smallest absolute Gasteiger partial charge is 0.265 e. The number of aryl methyl sites for hydroxylation is 2. The summed E-state index contributed by atoms with van der Waals surface area (Å²) in [4.78, 5) is 12.7. The summed E-state index contributed by atoms with van der Waals surface area (Å²) in [5, 5.41) is 12.8. The fraction of sp³-hybridized carbons (Fsp3) is 0.450. The van der Waals surface area contributed by atoms with E-state index in [2.05, 4.69) is 29.4 Å². The number of aromatic nitrogens is 4. The largest absolute Gasteiger partial charge is 0.463 e. The minimum absolute atomic E-state index is 0.222. The average Bonchev–Trinajstić information content (AvgIpc) is 3.06. The van der Waals surface area contributed by atoms with Gasteiger partial charge in [0.05, 0.1) is 28.0 Å². The first-order valence-corrected chi connectivity index (χ1v) is 9.21. The Morgan fingerprint density at radius 2 is 1.89 bits per heavy atom. The number of para-hydroxylation sites is 1. The molecule has 1 atom stereocenters. The van der Waals surface area contributed by atoms with E-state index in [-0.39, 0.29) is 5.91 Å². The molecule has 1 N–H and O–H groups in total. The first-order valence-electron chi connectivity index (χ1n) is 9.21. The summed E-state index contributed by atoms with van der Waals surface area (Å²) in [7, 11) is 1.86. The summed E-state index contributed by atoms with van der Waals surface area (Å²) < 4.78 is 9.55. The van der Waals surface area contributed by atoms with Gasteiger partial charge in [0, 0.05) is 13.6 Å². The zero-order chi connectivity index (χ0) is 19.7. The SMILES string of the molecule is Cc1nn(CC(C)C)c(C)c1NC(=O)[C@H](C)Oc1nn(C)c2ccccc12. The van der Waals surface area contributed by atoms with E-state index in [0.717, 1.165) is 34.5 Å². The molecule has 0 spiro atoms. The number of carbonyl (C=O) groups is 1. The Morgan fingerprint density at radius 1 is 1.19 bits per heavy atom. The van der Waals surface area contributed by atoms with Crippen molar-refractivity contribution in [2.45, 2.75) is 47.3 Å². The summed E-state index contributed by atoms with van der Waals surface area (Å²) in [6.07, 6.45) is -0.685. The Kier molecular flexibility index (Phi) is 5.21. The molecular weight excluding hydrogens is 342 g/mol. The number of benzene rings is 1. The zero-order valence-electron chi connectivity index (χ0n) is 16.8. The van der Waals surface area contributed by atoms with Crippen molar-refractivity contribution in [3.05, 3.63) is 35.7 Å². The third-order valence-electron chi connectivity index (χ3n) is 4.55. The monoisotopic (exact) mass is 369 g/mol. The van der Waals surface area contributed by atoms with Crippen molar-refractivity contribution in [1.82, 2.24) is 19.6 Å². The highest BCUT2D eigenvalue weighted by molar-refractivity contribution is 5.95. The Labute approximate surface area is 159 Å². The van der Waals surface area contributed by atoms with Gasteiger partial charge in [-0.25, -0.2) is 0 Å². The van der Waals surface area contributed by atoms with Crippen molar-refractivity contribution in [2.24, 2.45) is 13.0 Å². The summed E-state index contributed by atoms with van der Waals surface area (Å²) in [6, 6.07) is 7.78. The average molecular weight is 369 g/mol. The predicted molar refractivity (Wildman–Crippen MR) is 106 cm³/mol. The second-order valence-corrected chi connectivity index (χ2v) is 7.32. The van der Waals surface area contributed by atoms with E-state index in [4.69, 9.17) is 4.74 Å². The molecule has 0 aliphatic heterocycles. The molecule has 0 saturated carbocycles. The van der Waals surface area contributed by atoms with Crippen LogP contribution in [-0.2, 0) is 18.4 Å². The van der Waals surface area contributed by atoms with Crippen LogP contribution in [-0.4, -0.2) is 31.6 Å². The molecule has 2 heterocycles. The van der Waals surface area contributed by atoms with E-state index in [9.17, 15) is 4.79 Å². The van der Waals surface area contributed by atoms with Gasteiger partial charge in [0.25, 0.3) is 5.91 Å². The van der Waals surface area contributed by atoms with E-state index in [1.807, 2.05) is 49.8 Å². The Morgan fingerprint density at radius 3 is 2.59 bits per heavy atom. The van der Waals surface area contributed by atoms with Gasteiger partial charge >= 0.3 is 0 Å². The number of nitrogens with zero attached hydrogens (tertiary/aromatic N) is 4. The van der Waals surface area contributed by atoms with Crippen LogP contribution in [0, 0.1) is 19.8 Å². The van der Waals surface area contributed by atoms with Crippen LogP contribution in [0.2, 0.25) is 0 Å². The van der Waals surface area contributed by atoms with Crippen molar-refractivity contribution in [3.8, 4) is 5.88 Å². The van der Waals surface area contributed by atoms with Crippen LogP contribution in [0.1, 0.15) is 32.2 Å². The summed E-state index contributed by atoms with van der Waals surface area (Å²) in [5.41, 5.74) is 3.46. The minimum atomic E-state index is -0.685. The first-order chi connectivity index (χ1) is 12.8. The molecule has 144 valence electrons. The molecule has 0 fully saturated rings. The number of hydrogen-bond donors (Lipinski definition) is 1. The second-order valence-electron chi connectivity index (χ2n) is 7.32. The minimum Gasteiger partial charge on any atom is -0.463 e. The standard InChI is InChI=1S/C20H27N5O2/c1-12(2)11-25-14(4)18(13(3)22-25)21-19(26)15(5)27-20-16-9-7-8-10-17(16)24(6)23-20/h7-10,12,15H,11H2,1-6H3,(H,21,26)/t15-/m0/s1. The van der Waals surface area contributed by atoms with Crippen LogP contribution in [0.3, 0.4) is 0 Å². The van der Waals surface area contributed by atoms with Gasteiger partial charge in [-0.05, 0) is 38.8 Å². The lowest BCUT2D eigenvalue weighted by Gasteiger charge is -2.14. The fourth-order valence-electron chi connectivity index (χ4n) is 3.11. The number of amides is 1. The molecular formula is C20H27N5O2. The molecule has 7 nitrogen and oxygen atoms in total. The number of carbonyl (C=O) groups excluding carboxylic acids is 1. The van der Waals surface area contributed by atoms with Crippen molar-refractivity contribution in [1.29, 1.82) is 0 Å². The van der Waals surface area contributed by atoms with E-state index < -0.39 is 6.10 Å². The van der Waals surface area contributed by atoms with Crippen molar-refractivity contribution < 1.29 is 9.53 Å². The topological polar surface area (TPSA) is 74.0 Å². The maximum absolute atomic E-state index is 12.7. The number of rotatable bonds is 6. The highest BCUT2D eigenvalue weighted by atomic mass is 16.5. The van der Waals surface area contributed by atoms with Gasteiger partial charge in [0.15, 0.2) is 6.10 Å². The van der Waals surface area contributed by atoms with Gasteiger partial charge in [0.2, 0.25) is 5.88 Å². The Balaban J connectivity index is 1.75. The number of hydrogen-bond acceptors (Lipinski definition) is 4. The van der Waals surface area contributed by atoms with Gasteiger partial charge in [-0.3, -0.25) is 14.2 Å². The van der Waals surface area contributed by atoms with E-state index in [1.165, 1.54) is 0 Å². The summed E-state index contributed by atoms with van der Waals surface area (Å²) in [5.74, 6) is 0.714. The molecule has 2 aromatic heterocycles. The summed E-state index contributed by atoms with van der Waals surface area (Å²) >= 11 is 0. The van der Waals surface area contributed by atoms with E-state index in [1.54, 1.807) is 11.6 Å². The lowest BCUT2D eigenvalue weighted by Crippen LogP contribution is -2.30. The summed E-state index contributed by atoms with van der Waals surface area (Å²) in [6.45, 7) is 10.7. The van der Waals surface area contributed by atoms with Gasteiger partial charge < -0.3 is 10.1 Å². The van der Waals surface area contributed by atoms with Crippen molar-refractivity contribution in [2.75, 3.05) is 5.32 Å². The Bertz CT molecular complexity index is 970. The van der Waals surface area contributed by atoms with Gasteiger partial charge in [-0.15, -0.1) is 5.10 Å². The number of ether oxygens (including phenoxy) is 1. The van der Waals surface area contributed by atoms with Crippen LogP contribution in [0.15, 0.2) is 24.3 Å². The molecule has 3 aromatic rings. The molecule has 1 amide bonds. The molecule has 27 heavy (non-hydrogen) atoms. The molecule has 7 heteroatoms. The van der Waals surface area contributed by atoms with Crippen LogP contribution >= 0.6 is 0 Å². The van der Waals surface area contributed by atoms with Gasteiger partial charge in [0.1, 0.15) is 0 Å². The van der Waals surface area contributed by atoms with Crippen LogP contribution in [0.25, 0.3) is 10.9 Å². The molecule has 1 aromatic carbocycles. The molecule has 0 aliphatic carbocycles. The molecule has 3 rings (SSSR count). The van der Waals surface area contributed by atoms with Crippen LogP contribution < -0.4 is 10.1 Å². The van der Waals surface area contributed by atoms with Crippen LogP contribution in [0.4, 0.5) is 5.69 Å². The fourth-order valence-corrected chi connectivity index (χ4v) is 3.11. The predicted octanol–water partition coefficient (Wildman–Crippen LogP) is 3.45. The second kappa shape index (κ2) is 7.42. The van der Waals surface area contributed by atoms with Gasteiger partial charge in [-0.1, -0.05) is 26.0 Å². The number of fused-ring (bicyclic) bond motifs is 1. The lowest BCUT2D eigenvalue weighted by molar-refractivity contribution is -0.122. The van der Waals surface area contributed by atoms with Crippen molar-refractivity contribution in [3.63, 3.8) is 0 Å². The normalized spacial score (nSPS) is 12.6. The molecule has 0 unspecified atom stereocenters. The lowest BCUT2D eigenvalue weighted by atomic mass is 10.2. The highest BCUT2D eigenvalue weighted by Crippen LogP contribution is 2.25. The number of anilines is 1. The molecule has 0 saturated heterocycles. The van der Waals surface area contributed by atoms with Gasteiger partial charge in [-0.2, -0.15) is 5.10 Å². The number of nitrogens with one attached hydrogen (secondary N) is 1. The molecule has 0 aliphatic rings.